The Morgan fingerprint density at radius 2 is 2.18 bits per heavy atom. The van der Waals surface area contributed by atoms with Gasteiger partial charge in [0.1, 0.15) is 0 Å². The molecule has 2 aliphatic rings. The maximum atomic E-state index is 12.2. The van der Waals surface area contributed by atoms with Crippen LogP contribution in [0.1, 0.15) is 24.8 Å². The summed E-state index contributed by atoms with van der Waals surface area (Å²) < 4.78 is 10.7. The third kappa shape index (κ3) is 3.53. The van der Waals surface area contributed by atoms with E-state index in [-0.39, 0.29) is 12.8 Å². The lowest BCUT2D eigenvalue weighted by molar-refractivity contribution is 0.174. The summed E-state index contributed by atoms with van der Waals surface area (Å²) >= 11 is 0. The first kappa shape index (κ1) is 14.8. The number of benzene rings is 1. The second-order valence-electron chi connectivity index (χ2n) is 5.88. The average Bonchev–Trinajstić information content (AvgIpc) is 3.01. The largest absolute Gasteiger partial charge is 0.454 e. The van der Waals surface area contributed by atoms with E-state index in [9.17, 15) is 4.79 Å². The van der Waals surface area contributed by atoms with Crippen LogP contribution < -0.4 is 14.8 Å². The van der Waals surface area contributed by atoms with Crippen molar-refractivity contribution in [3.8, 4) is 11.5 Å². The van der Waals surface area contributed by atoms with Gasteiger partial charge in [-0.25, -0.2) is 4.79 Å². The molecule has 2 amide bonds. The number of allylic oxidation sites excluding steroid dienone is 2. The highest BCUT2D eigenvalue weighted by Gasteiger charge is 2.16. The Morgan fingerprint density at radius 3 is 3.00 bits per heavy atom. The van der Waals surface area contributed by atoms with Crippen LogP contribution in [-0.4, -0.2) is 31.3 Å². The Hall–Kier alpha value is -2.17. The number of fused-ring (bicyclic) bond motifs is 1. The standard InChI is InChI=1S/C17H22N2O3/c1-19(17(20)18-10-13-5-3-2-4-6-13)11-14-7-8-15-16(9-14)22-12-21-15/h2-3,7-9,13H,4-6,10-12H2,1H3,(H,18,20). The van der Waals surface area contributed by atoms with Gasteiger partial charge in [0.25, 0.3) is 0 Å². The average molecular weight is 302 g/mol. The molecule has 3 rings (SSSR count). The fourth-order valence-corrected chi connectivity index (χ4v) is 2.79. The van der Waals surface area contributed by atoms with E-state index in [1.54, 1.807) is 11.9 Å². The zero-order valence-corrected chi connectivity index (χ0v) is 12.9. The van der Waals surface area contributed by atoms with Crippen LogP contribution in [0.15, 0.2) is 30.4 Å². The fraction of sp³-hybridized carbons (Fsp3) is 0.471. The number of carbonyl (C=O) groups excluding carboxylic acids is 1. The highest BCUT2D eigenvalue weighted by Crippen LogP contribution is 2.32. The van der Waals surface area contributed by atoms with Crippen molar-refractivity contribution in [2.75, 3.05) is 20.4 Å². The molecular weight excluding hydrogens is 280 g/mol. The maximum Gasteiger partial charge on any atom is 0.317 e. The van der Waals surface area contributed by atoms with Gasteiger partial charge in [-0.15, -0.1) is 0 Å². The van der Waals surface area contributed by atoms with Crippen molar-refractivity contribution in [2.45, 2.75) is 25.8 Å². The molecule has 1 aliphatic heterocycles. The number of amides is 2. The first-order valence-corrected chi connectivity index (χ1v) is 7.75. The van der Waals surface area contributed by atoms with E-state index in [1.165, 1.54) is 0 Å². The zero-order chi connectivity index (χ0) is 15.4. The Morgan fingerprint density at radius 1 is 1.32 bits per heavy atom. The predicted molar refractivity (Wildman–Crippen MR) is 83.9 cm³/mol. The second-order valence-corrected chi connectivity index (χ2v) is 5.88. The van der Waals surface area contributed by atoms with Crippen molar-refractivity contribution in [1.29, 1.82) is 0 Å². The third-order valence-corrected chi connectivity index (χ3v) is 4.12. The van der Waals surface area contributed by atoms with Crippen LogP contribution in [0.3, 0.4) is 0 Å². The zero-order valence-electron chi connectivity index (χ0n) is 12.9. The van der Waals surface area contributed by atoms with Gasteiger partial charge in [-0.1, -0.05) is 18.2 Å². The van der Waals surface area contributed by atoms with Gasteiger partial charge < -0.3 is 19.7 Å². The first-order chi connectivity index (χ1) is 10.7. The summed E-state index contributed by atoms with van der Waals surface area (Å²) in [7, 11) is 1.81. The minimum absolute atomic E-state index is 0.0350. The van der Waals surface area contributed by atoms with E-state index in [0.29, 0.717) is 12.5 Å². The number of nitrogens with one attached hydrogen (secondary N) is 1. The third-order valence-electron chi connectivity index (χ3n) is 4.12. The minimum Gasteiger partial charge on any atom is -0.454 e. The molecule has 1 heterocycles. The maximum absolute atomic E-state index is 12.2. The Bertz CT molecular complexity index is 571. The molecule has 1 aromatic rings. The molecule has 1 unspecified atom stereocenters. The van der Waals surface area contributed by atoms with Crippen LogP contribution in [0, 0.1) is 5.92 Å². The molecule has 0 saturated carbocycles. The Kier molecular flexibility index (Phi) is 4.51. The van der Waals surface area contributed by atoms with E-state index in [1.807, 2.05) is 18.2 Å². The normalized spacial score (nSPS) is 19.0. The van der Waals surface area contributed by atoms with Gasteiger partial charge in [0.05, 0.1) is 0 Å². The van der Waals surface area contributed by atoms with Crippen molar-refractivity contribution >= 4 is 6.03 Å². The molecule has 22 heavy (non-hydrogen) atoms. The SMILES string of the molecule is CN(Cc1ccc2c(c1)OCO2)C(=O)NCC1CC=CCC1. The lowest BCUT2D eigenvalue weighted by atomic mass is 9.94. The van der Waals surface area contributed by atoms with Gasteiger partial charge >= 0.3 is 6.03 Å². The molecule has 1 aromatic carbocycles. The summed E-state index contributed by atoms with van der Waals surface area (Å²) in [5.74, 6) is 2.08. The Balaban J connectivity index is 1.49. The molecule has 0 aromatic heterocycles. The highest BCUT2D eigenvalue weighted by atomic mass is 16.7. The van der Waals surface area contributed by atoms with Crippen LogP contribution in [0.25, 0.3) is 0 Å². The molecule has 1 N–H and O–H groups in total. The number of urea groups is 1. The molecule has 0 radical (unpaired) electrons. The predicted octanol–water partition coefficient (Wildman–Crippen LogP) is 2.91. The van der Waals surface area contributed by atoms with Crippen LogP contribution in [0.2, 0.25) is 0 Å². The van der Waals surface area contributed by atoms with Gasteiger partial charge in [-0.2, -0.15) is 0 Å². The minimum atomic E-state index is -0.0350. The summed E-state index contributed by atoms with van der Waals surface area (Å²) in [6.45, 7) is 1.56. The summed E-state index contributed by atoms with van der Waals surface area (Å²) in [5.41, 5.74) is 1.03. The van der Waals surface area contributed by atoms with Gasteiger partial charge in [0.2, 0.25) is 6.79 Å². The summed E-state index contributed by atoms with van der Waals surface area (Å²) in [6.07, 6.45) is 7.75. The molecule has 0 spiro atoms. The smallest absolute Gasteiger partial charge is 0.317 e. The number of ether oxygens (including phenoxy) is 2. The molecule has 5 nitrogen and oxygen atoms in total. The summed E-state index contributed by atoms with van der Waals surface area (Å²) in [5, 5.41) is 3.02. The van der Waals surface area contributed by atoms with E-state index in [2.05, 4.69) is 17.5 Å². The number of hydrogen-bond acceptors (Lipinski definition) is 3. The topological polar surface area (TPSA) is 50.8 Å². The van der Waals surface area contributed by atoms with Gasteiger partial charge in [-0.3, -0.25) is 0 Å². The molecule has 1 atom stereocenters. The lowest BCUT2D eigenvalue weighted by Crippen LogP contribution is -2.39. The van der Waals surface area contributed by atoms with Crippen molar-refractivity contribution < 1.29 is 14.3 Å². The molecular formula is C17H22N2O3. The highest BCUT2D eigenvalue weighted by molar-refractivity contribution is 5.73. The van der Waals surface area contributed by atoms with Crippen LogP contribution in [0.4, 0.5) is 4.79 Å². The fourth-order valence-electron chi connectivity index (χ4n) is 2.79. The van der Waals surface area contributed by atoms with E-state index < -0.39 is 0 Å². The molecule has 0 fully saturated rings. The molecule has 118 valence electrons. The number of hydrogen-bond donors (Lipinski definition) is 1. The number of carbonyl (C=O) groups is 1. The van der Waals surface area contributed by atoms with E-state index in [4.69, 9.17) is 9.47 Å². The second kappa shape index (κ2) is 6.73. The number of nitrogens with zero attached hydrogens (tertiary/aromatic N) is 1. The molecule has 0 bridgehead atoms. The summed E-state index contributed by atoms with van der Waals surface area (Å²) in [6, 6.07) is 5.74. The molecule has 5 heteroatoms. The van der Waals surface area contributed by atoms with Gasteiger partial charge in [0.15, 0.2) is 11.5 Å². The molecule has 1 aliphatic carbocycles. The van der Waals surface area contributed by atoms with Crippen LogP contribution >= 0.6 is 0 Å². The molecule has 0 saturated heterocycles. The van der Waals surface area contributed by atoms with Crippen molar-refractivity contribution in [3.05, 3.63) is 35.9 Å². The lowest BCUT2D eigenvalue weighted by Gasteiger charge is -2.22. The quantitative estimate of drug-likeness (QED) is 0.870. The van der Waals surface area contributed by atoms with Crippen LogP contribution in [-0.2, 0) is 6.54 Å². The monoisotopic (exact) mass is 302 g/mol. The number of rotatable bonds is 4. The van der Waals surface area contributed by atoms with E-state index >= 15 is 0 Å². The van der Waals surface area contributed by atoms with Crippen LogP contribution in [0.5, 0.6) is 11.5 Å². The van der Waals surface area contributed by atoms with Gasteiger partial charge in [-0.05, 0) is 42.9 Å². The van der Waals surface area contributed by atoms with Crippen molar-refractivity contribution in [2.24, 2.45) is 5.92 Å². The van der Waals surface area contributed by atoms with E-state index in [0.717, 1.165) is 42.9 Å². The first-order valence-electron chi connectivity index (χ1n) is 7.75. The summed E-state index contributed by atoms with van der Waals surface area (Å²) in [4.78, 5) is 13.9. The van der Waals surface area contributed by atoms with Crippen molar-refractivity contribution in [3.63, 3.8) is 0 Å². The van der Waals surface area contributed by atoms with Gasteiger partial charge in [0, 0.05) is 20.1 Å². The Labute approximate surface area is 130 Å². The van der Waals surface area contributed by atoms with Crippen molar-refractivity contribution in [1.82, 2.24) is 10.2 Å².